The Bertz CT molecular complexity index is 1020. The number of aromatic nitrogens is 6. The van der Waals surface area contributed by atoms with Crippen molar-refractivity contribution in [2.24, 2.45) is 7.05 Å². The first-order valence-corrected chi connectivity index (χ1v) is 7.68. The SMILES string of the molecule is Cn1cc(C(=O)OCc2cn(-c3ccc(C(F)(F)F)cn3)nn2)c(C(F)(F)F)n1. The molecule has 154 valence electrons. The Morgan fingerprint density at radius 2 is 1.83 bits per heavy atom. The van der Waals surface area contributed by atoms with E-state index in [4.69, 9.17) is 4.74 Å². The molecule has 0 spiro atoms. The lowest BCUT2D eigenvalue weighted by Gasteiger charge is -2.06. The predicted octanol–water partition coefficient (Wildman–Crippen LogP) is 2.79. The topological polar surface area (TPSA) is 87.7 Å². The van der Waals surface area contributed by atoms with Gasteiger partial charge in [0.05, 0.1) is 11.8 Å². The second-order valence-electron chi connectivity index (χ2n) is 5.70. The lowest BCUT2D eigenvalue weighted by atomic mass is 10.2. The number of carbonyl (C=O) groups excluding carboxylic acids is 1. The van der Waals surface area contributed by atoms with Gasteiger partial charge in [-0.2, -0.15) is 31.4 Å². The summed E-state index contributed by atoms with van der Waals surface area (Å²) in [5.41, 5.74) is -3.07. The highest BCUT2D eigenvalue weighted by Crippen LogP contribution is 2.31. The van der Waals surface area contributed by atoms with Gasteiger partial charge in [-0.1, -0.05) is 5.21 Å². The summed E-state index contributed by atoms with van der Waals surface area (Å²) in [6.45, 7) is -0.522. The zero-order valence-corrected chi connectivity index (χ0v) is 14.4. The Balaban J connectivity index is 1.69. The van der Waals surface area contributed by atoms with E-state index in [-0.39, 0.29) is 11.5 Å². The highest BCUT2D eigenvalue weighted by Gasteiger charge is 2.39. The summed E-state index contributed by atoms with van der Waals surface area (Å²) in [6.07, 6.45) is -6.70. The predicted molar refractivity (Wildman–Crippen MR) is 81.5 cm³/mol. The van der Waals surface area contributed by atoms with Crippen molar-refractivity contribution in [1.29, 1.82) is 0 Å². The maximum atomic E-state index is 12.9. The van der Waals surface area contributed by atoms with Crippen LogP contribution in [0.4, 0.5) is 26.3 Å². The number of alkyl halides is 6. The molecule has 3 aromatic rings. The Kier molecular flexibility index (Phi) is 5.02. The van der Waals surface area contributed by atoms with E-state index in [1.165, 1.54) is 13.2 Å². The van der Waals surface area contributed by atoms with E-state index < -0.39 is 41.7 Å². The number of esters is 1. The van der Waals surface area contributed by atoms with Crippen LogP contribution in [0.15, 0.2) is 30.7 Å². The molecule has 8 nitrogen and oxygen atoms in total. The van der Waals surface area contributed by atoms with Crippen molar-refractivity contribution in [1.82, 2.24) is 29.8 Å². The second kappa shape index (κ2) is 7.18. The Hall–Kier alpha value is -3.45. The van der Waals surface area contributed by atoms with Gasteiger partial charge in [-0.3, -0.25) is 4.68 Å². The molecule has 0 unspecified atom stereocenters. The number of hydrogen-bond acceptors (Lipinski definition) is 6. The molecular formula is C15H10F6N6O2. The van der Waals surface area contributed by atoms with Crippen LogP contribution in [0.25, 0.3) is 5.82 Å². The average molecular weight is 420 g/mol. The monoisotopic (exact) mass is 420 g/mol. The van der Waals surface area contributed by atoms with Gasteiger partial charge >= 0.3 is 18.3 Å². The lowest BCUT2D eigenvalue weighted by Crippen LogP contribution is -2.14. The number of nitrogens with zero attached hydrogens (tertiary/aromatic N) is 6. The van der Waals surface area contributed by atoms with Crippen molar-refractivity contribution in [3.05, 3.63) is 53.2 Å². The normalized spacial score (nSPS) is 12.2. The molecule has 0 aliphatic rings. The standard InChI is InChI=1S/C15H10F6N6O2/c1-26-6-10(12(24-26)15(19,20)21)13(28)29-7-9-5-27(25-23-9)11-3-2-8(4-22-11)14(16,17)18/h2-6H,7H2,1H3. The van der Waals surface area contributed by atoms with E-state index in [1.807, 2.05) is 0 Å². The molecule has 0 N–H and O–H groups in total. The summed E-state index contributed by atoms with van der Waals surface area (Å²) in [4.78, 5) is 15.6. The van der Waals surface area contributed by atoms with Gasteiger partial charge in [0.25, 0.3) is 0 Å². The van der Waals surface area contributed by atoms with Crippen molar-refractivity contribution in [2.45, 2.75) is 19.0 Å². The number of aryl methyl sites for hydroxylation is 1. The Labute approximate surface area is 157 Å². The van der Waals surface area contributed by atoms with Crippen molar-refractivity contribution >= 4 is 5.97 Å². The van der Waals surface area contributed by atoms with Gasteiger partial charge in [0, 0.05) is 19.4 Å². The van der Waals surface area contributed by atoms with E-state index in [1.54, 1.807) is 0 Å². The van der Waals surface area contributed by atoms with Crippen LogP contribution in [0.5, 0.6) is 0 Å². The molecule has 3 heterocycles. The molecule has 0 bridgehead atoms. The number of hydrogen-bond donors (Lipinski definition) is 0. The summed E-state index contributed by atoms with van der Waals surface area (Å²) in [5, 5.41) is 10.5. The molecule has 0 fully saturated rings. The van der Waals surface area contributed by atoms with E-state index in [9.17, 15) is 31.1 Å². The summed E-state index contributed by atoms with van der Waals surface area (Å²) in [6, 6.07) is 1.85. The molecule has 0 saturated carbocycles. The fourth-order valence-corrected chi connectivity index (χ4v) is 2.23. The minimum absolute atomic E-state index is 0.00898. The molecule has 3 rings (SSSR count). The summed E-state index contributed by atoms with van der Waals surface area (Å²) in [7, 11) is 1.22. The van der Waals surface area contributed by atoms with Crippen molar-refractivity contribution in [3.8, 4) is 5.82 Å². The first-order valence-electron chi connectivity index (χ1n) is 7.68. The molecule has 0 atom stereocenters. The molecule has 0 amide bonds. The van der Waals surface area contributed by atoms with Crippen LogP contribution in [-0.2, 0) is 30.7 Å². The molecule has 0 aromatic carbocycles. The van der Waals surface area contributed by atoms with Gasteiger partial charge < -0.3 is 4.74 Å². The van der Waals surface area contributed by atoms with Crippen LogP contribution in [0.1, 0.15) is 27.3 Å². The molecule has 14 heteroatoms. The quantitative estimate of drug-likeness (QED) is 0.477. The van der Waals surface area contributed by atoms with E-state index in [0.29, 0.717) is 6.20 Å². The molecular weight excluding hydrogens is 410 g/mol. The summed E-state index contributed by atoms with van der Waals surface area (Å²) < 4.78 is 83.0. The van der Waals surface area contributed by atoms with Crippen molar-refractivity contribution in [3.63, 3.8) is 0 Å². The van der Waals surface area contributed by atoms with Gasteiger partial charge in [0.15, 0.2) is 11.5 Å². The van der Waals surface area contributed by atoms with Crippen LogP contribution in [0, 0.1) is 0 Å². The highest BCUT2D eigenvalue weighted by molar-refractivity contribution is 5.90. The van der Waals surface area contributed by atoms with E-state index in [2.05, 4.69) is 20.4 Å². The van der Waals surface area contributed by atoms with Gasteiger partial charge in [0.1, 0.15) is 17.9 Å². The van der Waals surface area contributed by atoms with Gasteiger partial charge in [0.2, 0.25) is 0 Å². The van der Waals surface area contributed by atoms with Crippen LogP contribution in [0.3, 0.4) is 0 Å². The van der Waals surface area contributed by atoms with Gasteiger partial charge in [-0.25, -0.2) is 14.5 Å². The maximum Gasteiger partial charge on any atom is 0.436 e. The van der Waals surface area contributed by atoms with Crippen LogP contribution >= 0.6 is 0 Å². The highest BCUT2D eigenvalue weighted by atomic mass is 19.4. The average Bonchev–Trinajstić information content (AvgIpc) is 3.25. The largest absolute Gasteiger partial charge is 0.455 e. The summed E-state index contributed by atoms with van der Waals surface area (Å²) >= 11 is 0. The molecule has 0 aliphatic carbocycles. The fourth-order valence-electron chi connectivity index (χ4n) is 2.23. The molecule has 0 saturated heterocycles. The minimum Gasteiger partial charge on any atom is -0.455 e. The van der Waals surface area contributed by atoms with E-state index in [0.717, 1.165) is 27.7 Å². The number of rotatable bonds is 4. The smallest absolute Gasteiger partial charge is 0.436 e. The Morgan fingerprint density at radius 3 is 2.41 bits per heavy atom. The number of carbonyl (C=O) groups is 1. The van der Waals surface area contributed by atoms with E-state index >= 15 is 0 Å². The summed E-state index contributed by atoms with van der Waals surface area (Å²) in [5.74, 6) is -1.26. The maximum absolute atomic E-state index is 12.9. The van der Waals surface area contributed by atoms with Crippen LogP contribution < -0.4 is 0 Å². The van der Waals surface area contributed by atoms with Gasteiger partial charge in [-0.05, 0) is 12.1 Å². The first kappa shape index (κ1) is 20.3. The van der Waals surface area contributed by atoms with Crippen LogP contribution in [0.2, 0.25) is 0 Å². The first-order chi connectivity index (χ1) is 13.4. The second-order valence-corrected chi connectivity index (χ2v) is 5.70. The zero-order valence-electron chi connectivity index (χ0n) is 14.4. The lowest BCUT2D eigenvalue weighted by molar-refractivity contribution is -0.142. The molecule has 3 aromatic heterocycles. The number of pyridine rings is 1. The molecule has 0 aliphatic heterocycles. The zero-order chi connectivity index (χ0) is 21.4. The minimum atomic E-state index is -4.84. The third-order valence-corrected chi connectivity index (χ3v) is 3.52. The van der Waals surface area contributed by atoms with Crippen LogP contribution in [-0.4, -0.2) is 35.7 Å². The number of halogens is 6. The molecule has 29 heavy (non-hydrogen) atoms. The van der Waals surface area contributed by atoms with Crippen molar-refractivity contribution < 1.29 is 35.9 Å². The van der Waals surface area contributed by atoms with Crippen molar-refractivity contribution in [2.75, 3.05) is 0 Å². The number of ether oxygens (including phenoxy) is 1. The fraction of sp³-hybridized carbons (Fsp3) is 0.267. The van der Waals surface area contributed by atoms with Gasteiger partial charge in [-0.15, -0.1) is 5.10 Å². The third kappa shape index (κ3) is 4.52. The molecule has 0 radical (unpaired) electrons. The third-order valence-electron chi connectivity index (χ3n) is 3.52. The Morgan fingerprint density at radius 1 is 1.10 bits per heavy atom.